The van der Waals surface area contributed by atoms with Gasteiger partial charge in [0.1, 0.15) is 0 Å². The van der Waals surface area contributed by atoms with Crippen molar-refractivity contribution in [1.29, 1.82) is 0 Å². The molecule has 2 aromatic rings. The standard InChI is InChI=1S/C30H45NO3S/c1-3-5-23-31(24-6-4-2)29-19-15-27(16-20-29)13-14-28-17-21-30(22-18-28)35(33,34)26-12-10-8-7-9-11-25-32/h13-22,32H,3-12,23-26H2,1-2H3. The molecule has 5 heteroatoms. The van der Waals surface area contributed by atoms with Crippen molar-refractivity contribution in [3.63, 3.8) is 0 Å². The first kappa shape index (κ1) is 29.1. The first-order valence-electron chi connectivity index (χ1n) is 13.5. The molecular weight excluding hydrogens is 454 g/mol. The lowest BCUT2D eigenvalue weighted by molar-refractivity contribution is 0.282. The fourth-order valence-corrected chi connectivity index (χ4v) is 5.44. The highest BCUT2D eigenvalue weighted by atomic mass is 32.2. The average molecular weight is 500 g/mol. The van der Waals surface area contributed by atoms with Crippen LogP contribution in [0.3, 0.4) is 0 Å². The van der Waals surface area contributed by atoms with Gasteiger partial charge in [0.15, 0.2) is 9.84 Å². The van der Waals surface area contributed by atoms with E-state index >= 15 is 0 Å². The zero-order valence-corrected chi connectivity index (χ0v) is 22.6. The van der Waals surface area contributed by atoms with Crippen LogP contribution in [0.25, 0.3) is 12.2 Å². The Morgan fingerprint density at radius 3 is 1.69 bits per heavy atom. The second kappa shape index (κ2) is 16.5. The highest BCUT2D eigenvalue weighted by Gasteiger charge is 2.13. The van der Waals surface area contributed by atoms with Gasteiger partial charge in [-0.25, -0.2) is 8.42 Å². The normalized spacial score (nSPS) is 11.9. The van der Waals surface area contributed by atoms with E-state index in [2.05, 4.69) is 49.1 Å². The quantitative estimate of drug-likeness (QED) is 0.172. The number of benzene rings is 2. The van der Waals surface area contributed by atoms with E-state index in [0.29, 0.717) is 11.3 Å². The minimum Gasteiger partial charge on any atom is -0.396 e. The Balaban J connectivity index is 1.89. The van der Waals surface area contributed by atoms with Gasteiger partial charge in [0.25, 0.3) is 0 Å². The number of nitrogens with zero attached hydrogens (tertiary/aromatic N) is 1. The molecule has 35 heavy (non-hydrogen) atoms. The minimum absolute atomic E-state index is 0.196. The lowest BCUT2D eigenvalue weighted by Crippen LogP contribution is -2.25. The molecule has 0 amide bonds. The molecular formula is C30H45NO3S. The van der Waals surface area contributed by atoms with Gasteiger partial charge in [-0.05, 0) is 61.1 Å². The van der Waals surface area contributed by atoms with Gasteiger partial charge in [-0.15, -0.1) is 0 Å². The lowest BCUT2D eigenvalue weighted by atomic mass is 10.1. The van der Waals surface area contributed by atoms with Crippen LogP contribution < -0.4 is 4.90 Å². The number of rotatable bonds is 18. The number of aliphatic hydroxyl groups excluding tert-OH is 1. The second-order valence-electron chi connectivity index (χ2n) is 9.35. The molecule has 2 rings (SSSR count). The maximum atomic E-state index is 12.6. The third-order valence-corrected chi connectivity index (χ3v) is 8.17. The zero-order chi connectivity index (χ0) is 25.4. The minimum atomic E-state index is -3.24. The number of aliphatic hydroxyl groups is 1. The van der Waals surface area contributed by atoms with Crippen LogP contribution in [0.4, 0.5) is 5.69 Å². The van der Waals surface area contributed by atoms with Gasteiger partial charge < -0.3 is 10.0 Å². The molecule has 0 bridgehead atoms. The number of sulfone groups is 1. The average Bonchev–Trinajstić information content (AvgIpc) is 2.88. The molecule has 0 heterocycles. The van der Waals surface area contributed by atoms with Crippen molar-refractivity contribution in [2.45, 2.75) is 83.0 Å². The summed E-state index contributed by atoms with van der Waals surface area (Å²) in [5.41, 5.74) is 3.41. The number of anilines is 1. The van der Waals surface area contributed by atoms with Gasteiger partial charge in [-0.3, -0.25) is 0 Å². The van der Waals surface area contributed by atoms with Gasteiger partial charge in [0.05, 0.1) is 10.6 Å². The first-order valence-corrected chi connectivity index (χ1v) is 15.1. The summed E-state index contributed by atoms with van der Waals surface area (Å²) in [5.74, 6) is 0.196. The van der Waals surface area contributed by atoms with Crippen molar-refractivity contribution in [2.75, 3.05) is 30.3 Å². The van der Waals surface area contributed by atoms with E-state index in [0.717, 1.165) is 56.3 Å². The molecule has 2 aromatic carbocycles. The van der Waals surface area contributed by atoms with Crippen LogP contribution in [0.5, 0.6) is 0 Å². The van der Waals surface area contributed by atoms with E-state index in [1.807, 2.05) is 18.2 Å². The SMILES string of the molecule is CCCCN(CCCC)c1ccc(C=Cc2ccc(S(=O)(=O)CCCCCCCCO)cc2)cc1. The molecule has 194 valence electrons. The maximum absolute atomic E-state index is 12.6. The molecule has 4 nitrogen and oxygen atoms in total. The van der Waals surface area contributed by atoms with E-state index in [1.165, 1.54) is 31.4 Å². The Kier molecular flexibility index (Phi) is 13.8. The second-order valence-corrected chi connectivity index (χ2v) is 11.5. The van der Waals surface area contributed by atoms with E-state index in [1.54, 1.807) is 12.1 Å². The number of unbranched alkanes of at least 4 members (excludes halogenated alkanes) is 7. The summed E-state index contributed by atoms with van der Waals surface area (Å²) in [6, 6.07) is 15.9. The fourth-order valence-electron chi connectivity index (χ4n) is 4.07. The molecule has 0 aromatic heterocycles. The Morgan fingerprint density at radius 2 is 1.17 bits per heavy atom. The van der Waals surface area contributed by atoms with Crippen LogP contribution in [0.1, 0.15) is 89.2 Å². The number of hydrogen-bond acceptors (Lipinski definition) is 4. The van der Waals surface area contributed by atoms with Gasteiger partial charge in [0.2, 0.25) is 0 Å². The molecule has 0 saturated carbocycles. The summed E-state index contributed by atoms with van der Waals surface area (Å²) in [6.45, 7) is 6.91. The van der Waals surface area contributed by atoms with Crippen LogP contribution >= 0.6 is 0 Å². The summed E-state index contributed by atoms with van der Waals surface area (Å²) >= 11 is 0. The maximum Gasteiger partial charge on any atom is 0.178 e. The van der Waals surface area contributed by atoms with Gasteiger partial charge in [-0.1, -0.05) is 88.8 Å². The summed E-state index contributed by atoms with van der Waals surface area (Å²) in [4.78, 5) is 2.88. The van der Waals surface area contributed by atoms with Crippen molar-refractivity contribution in [2.24, 2.45) is 0 Å². The third-order valence-electron chi connectivity index (χ3n) is 6.35. The summed E-state index contributed by atoms with van der Waals surface area (Å²) in [6.07, 6.45) is 14.5. The largest absolute Gasteiger partial charge is 0.396 e. The van der Waals surface area contributed by atoms with Crippen LogP contribution in [0, 0.1) is 0 Å². The van der Waals surface area contributed by atoms with Gasteiger partial charge in [-0.2, -0.15) is 0 Å². The zero-order valence-electron chi connectivity index (χ0n) is 21.8. The van der Waals surface area contributed by atoms with Gasteiger partial charge in [0, 0.05) is 25.4 Å². The molecule has 0 fully saturated rings. The van der Waals surface area contributed by atoms with Crippen LogP contribution in [0.2, 0.25) is 0 Å². The molecule has 0 spiro atoms. The van der Waals surface area contributed by atoms with E-state index in [-0.39, 0.29) is 12.4 Å². The molecule has 0 radical (unpaired) electrons. The van der Waals surface area contributed by atoms with E-state index < -0.39 is 9.84 Å². The molecule has 0 aliphatic rings. The monoisotopic (exact) mass is 499 g/mol. The molecule has 0 saturated heterocycles. The Hall–Kier alpha value is -2.11. The summed E-state index contributed by atoms with van der Waals surface area (Å²) < 4.78 is 25.2. The third kappa shape index (κ3) is 11.0. The summed E-state index contributed by atoms with van der Waals surface area (Å²) in [5, 5.41) is 8.80. The Labute approximate surface area is 214 Å². The van der Waals surface area contributed by atoms with Crippen molar-refractivity contribution >= 4 is 27.7 Å². The topological polar surface area (TPSA) is 57.6 Å². The smallest absolute Gasteiger partial charge is 0.178 e. The predicted octanol–water partition coefficient (Wildman–Crippen LogP) is 7.37. The molecule has 0 aliphatic carbocycles. The fraction of sp³-hybridized carbons (Fsp3) is 0.533. The first-order chi connectivity index (χ1) is 17.0. The lowest BCUT2D eigenvalue weighted by Gasteiger charge is -2.24. The van der Waals surface area contributed by atoms with E-state index in [9.17, 15) is 8.42 Å². The van der Waals surface area contributed by atoms with Crippen molar-refractivity contribution in [3.8, 4) is 0 Å². The Bertz CT molecular complexity index is 942. The molecule has 0 unspecified atom stereocenters. The molecule has 0 aliphatic heterocycles. The van der Waals surface area contributed by atoms with Gasteiger partial charge >= 0.3 is 0 Å². The number of hydrogen-bond donors (Lipinski definition) is 1. The molecule has 1 N–H and O–H groups in total. The highest BCUT2D eigenvalue weighted by molar-refractivity contribution is 7.91. The van der Waals surface area contributed by atoms with Crippen molar-refractivity contribution < 1.29 is 13.5 Å². The van der Waals surface area contributed by atoms with Crippen LogP contribution in [0.15, 0.2) is 53.4 Å². The predicted molar refractivity (Wildman–Crippen MR) is 151 cm³/mol. The van der Waals surface area contributed by atoms with Crippen LogP contribution in [-0.4, -0.2) is 39.0 Å². The van der Waals surface area contributed by atoms with Crippen molar-refractivity contribution in [3.05, 3.63) is 59.7 Å². The highest BCUT2D eigenvalue weighted by Crippen LogP contribution is 2.20. The van der Waals surface area contributed by atoms with Crippen LogP contribution in [-0.2, 0) is 9.84 Å². The molecule has 0 atom stereocenters. The van der Waals surface area contributed by atoms with Crippen molar-refractivity contribution in [1.82, 2.24) is 0 Å². The summed E-state index contributed by atoms with van der Waals surface area (Å²) in [7, 11) is -3.24. The van der Waals surface area contributed by atoms with E-state index in [4.69, 9.17) is 5.11 Å². The Morgan fingerprint density at radius 1 is 0.686 bits per heavy atom.